The van der Waals surface area contributed by atoms with E-state index in [9.17, 15) is 4.79 Å². The Bertz CT molecular complexity index is 477. The van der Waals surface area contributed by atoms with Crippen LogP contribution in [-0.2, 0) is 13.0 Å². The summed E-state index contributed by atoms with van der Waals surface area (Å²) in [6, 6.07) is 0. The van der Waals surface area contributed by atoms with Gasteiger partial charge in [0.2, 0.25) is 0 Å². The predicted octanol–water partition coefficient (Wildman–Crippen LogP) is 2.15. The number of nitrogens with one attached hydrogen (secondary N) is 3. The molecule has 3 rings (SSSR count). The van der Waals surface area contributed by atoms with Gasteiger partial charge in [-0.2, -0.15) is 5.10 Å². The molecular formula is C16H26N4O. The summed E-state index contributed by atoms with van der Waals surface area (Å²) in [6.45, 7) is 2.47. The van der Waals surface area contributed by atoms with Crippen LogP contribution in [0, 0.1) is 5.92 Å². The second-order valence-corrected chi connectivity index (χ2v) is 6.36. The van der Waals surface area contributed by atoms with Crippen LogP contribution in [0.15, 0.2) is 0 Å². The molecule has 2 heterocycles. The van der Waals surface area contributed by atoms with E-state index in [1.165, 1.54) is 38.5 Å². The molecule has 1 aromatic rings. The van der Waals surface area contributed by atoms with E-state index in [1.807, 2.05) is 0 Å². The average molecular weight is 290 g/mol. The van der Waals surface area contributed by atoms with Gasteiger partial charge in [-0.1, -0.05) is 32.1 Å². The van der Waals surface area contributed by atoms with Crippen LogP contribution in [-0.4, -0.2) is 29.2 Å². The van der Waals surface area contributed by atoms with Crippen molar-refractivity contribution in [1.82, 2.24) is 20.8 Å². The van der Waals surface area contributed by atoms with Gasteiger partial charge in [0.1, 0.15) is 0 Å². The van der Waals surface area contributed by atoms with Gasteiger partial charge in [0.15, 0.2) is 5.69 Å². The summed E-state index contributed by atoms with van der Waals surface area (Å²) >= 11 is 0. The fourth-order valence-corrected chi connectivity index (χ4v) is 3.57. The number of H-pyrrole nitrogens is 1. The number of carbonyl (C=O) groups is 1. The summed E-state index contributed by atoms with van der Waals surface area (Å²) in [5, 5.41) is 13.5. The lowest BCUT2D eigenvalue weighted by atomic mass is 9.86. The van der Waals surface area contributed by atoms with Crippen molar-refractivity contribution in [2.75, 3.05) is 13.1 Å². The molecule has 1 fully saturated rings. The zero-order valence-electron chi connectivity index (χ0n) is 12.7. The molecule has 3 N–H and O–H groups in total. The number of amides is 1. The van der Waals surface area contributed by atoms with Crippen molar-refractivity contribution in [2.24, 2.45) is 5.92 Å². The maximum atomic E-state index is 12.2. The van der Waals surface area contributed by atoms with Crippen molar-refractivity contribution >= 4 is 5.91 Å². The Kier molecular flexibility index (Phi) is 4.91. The fourth-order valence-electron chi connectivity index (χ4n) is 3.57. The highest BCUT2D eigenvalue weighted by molar-refractivity contribution is 5.94. The highest BCUT2D eigenvalue weighted by Gasteiger charge is 2.21. The first kappa shape index (κ1) is 14.6. The minimum atomic E-state index is -0.0279. The molecule has 2 aliphatic rings. The lowest BCUT2D eigenvalue weighted by Gasteiger charge is -2.21. The number of hydrogen-bond acceptors (Lipinski definition) is 3. The van der Waals surface area contributed by atoms with Crippen LogP contribution in [0.5, 0.6) is 0 Å². The number of carbonyl (C=O) groups excluding carboxylic acids is 1. The molecule has 5 nitrogen and oxygen atoms in total. The molecule has 116 valence electrons. The van der Waals surface area contributed by atoms with Crippen LogP contribution >= 0.6 is 0 Å². The van der Waals surface area contributed by atoms with E-state index in [1.54, 1.807) is 0 Å². The quantitative estimate of drug-likeness (QED) is 0.728. The van der Waals surface area contributed by atoms with Gasteiger partial charge in [0.05, 0.1) is 0 Å². The molecule has 1 aliphatic heterocycles. The molecule has 0 aromatic carbocycles. The minimum Gasteiger partial charge on any atom is -0.351 e. The van der Waals surface area contributed by atoms with Crippen molar-refractivity contribution in [2.45, 2.75) is 57.9 Å². The first-order valence-electron chi connectivity index (χ1n) is 8.39. The van der Waals surface area contributed by atoms with Gasteiger partial charge >= 0.3 is 0 Å². The molecule has 21 heavy (non-hydrogen) atoms. The van der Waals surface area contributed by atoms with Gasteiger partial charge < -0.3 is 10.6 Å². The van der Waals surface area contributed by atoms with Gasteiger partial charge in [-0.25, -0.2) is 0 Å². The molecule has 1 saturated carbocycles. The van der Waals surface area contributed by atoms with Crippen molar-refractivity contribution < 1.29 is 4.79 Å². The number of aromatic amines is 1. The third-order valence-electron chi connectivity index (χ3n) is 4.82. The Balaban J connectivity index is 1.43. The third-order valence-corrected chi connectivity index (χ3v) is 4.82. The summed E-state index contributed by atoms with van der Waals surface area (Å²) < 4.78 is 0. The second kappa shape index (κ2) is 7.07. The van der Waals surface area contributed by atoms with Crippen LogP contribution in [0.3, 0.4) is 0 Å². The molecule has 0 radical (unpaired) electrons. The minimum absolute atomic E-state index is 0.0279. The van der Waals surface area contributed by atoms with Crippen LogP contribution < -0.4 is 10.6 Å². The first-order valence-corrected chi connectivity index (χ1v) is 8.39. The smallest absolute Gasteiger partial charge is 0.272 e. The van der Waals surface area contributed by atoms with Crippen molar-refractivity contribution in [3.05, 3.63) is 17.0 Å². The standard InChI is InChI=1S/C16H26N4O/c21-16(15-13-11-17-10-8-14(13)19-20-15)18-9-4-7-12-5-2-1-3-6-12/h12,17H,1-11H2,(H,18,21)(H,19,20). The van der Waals surface area contributed by atoms with E-state index < -0.39 is 0 Å². The second-order valence-electron chi connectivity index (χ2n) is 6.36. The summed E-state index contributed by atoms with van der Waals surface area (Å²) in [6.07, 6.45) is 10.2. The largest absolute Gasteiger partial charge is 0.351 e. The summed E-state index contributed by atoms with van der Waals surface area (Å²) in [7, 11) is 0. The van der Waals surface area contributed by atoms with Crippen molar-refractivity contribution in [3.8, 4) is 0 Å². The van der Waals surface area contributed by atoms with Gasteiger partial charge in [0.25, 0.3) is 5.91 Å². The molecule has 1 aliphatic carbocycles. The number of fused-ring (bicyclic) bond motifs is 1. The van der Waals surface area contributed by atoms with Gasteiger partial charge in [-0.15, -0.1) is 0 Å². The molecule has 1 amide bonds. The topological polar surface area (TPSA) is 69.8 Å². The average Bonchev–Trinajstić information content (AvgIpc) is 2.96. The van der Waals surface area contributed by atoms with Crippen molar-refractivity contribution in [3.63, 3.8) is 0 Å². The molecule has 0 atom stereocenters. The Morgan fingerprint density at radius 1 is 1.29 bits per heavy atom. The fraction of sp³-hybridized carbons (Fsp3) is 0.750. The highest BCUT2D eigenvalue weighted by atomic mass is 16.1. The Morgan fingerprint density at radius 3 is 3.00 bits per heavy atom. The molecule has 5 heteroatoms. The van der Waals surface area contributed by atoms with E-state index >= 15 is 0 Å². The van der Waals surface area contributed by atoms with Gasteiger partial charge in [-0.05, 0) is 18.8 Å². The number of hydrogen-bond donors (Lipinski definition) is 3. The zero-order valence-corrected chi connectivity index (χ0v) is 12.7. The number of rotatable bonds is 5. The summed E-state index contributed by atoms with van der Waals surface area (Å²) in [5.41, 5.74) is 2.74. The monoisotopic (exact) mass is 290 g/mol. The molecule has 0 bridgehead atoms. The van der Waals surface area contributed by atoms with Crippen LogP contribution in [0.25, 0.3) is 0 Å². The van der Waals surface area contributed by atoms with Crippen molar-refractivity contribution in [1.29, 1.82) is 0 Å². The number of nitrogens with zero attached hydrogens (tertiary/aromatic N) is 1. The van der Waals surface area contributed by atoms with Gasteiger partial charge in [0, 0.05) is 37.3 Å². The summed E-state index contributed by atoms with van der Waals surface area (Å²) in [5.74, 6) is 0.859. The third kappa shape index (κ3) is 3.64. The van der Waals surface area contributed by atoms with E-state index in [0.29, 0.717) is 5.69 Å². The van der Waals surface area contributed by atoms with Gasteiger partial charge in [-0.3, -0.25) is 9.89 Å². The normalized spacial score (nSPS) is 19.2. The Hall–Kier alpha value is -1.36. The molecule has 0 spiro atoms. The van der Waals surface area contributed by atoms with Crippen LogP contribution in [0.2, 0.25) is 0 Å². The Morgan fingerprint density at radius 2 is 2.14 bits per heavy atom. The first-order chi connectivity index (χ1) is 10.3. The van der Waals surface area contributed by atoms with E-state index in [2.05, 4.69) is 20.8 Å². The van der Waals surface area contributed by atoms with Crippen LogP contribution in [0.4, 0.5) is 0 Å². The predicted molar refractivity (Wildman–Crippen MR) is 82.1 cm³/mol. The molecular weight excluding hydrogens is 264 g/mol. The lowest BCUT2D eigenvalue weighted by molar-refractivity contribution is 0.0946. The summed E-state index contributed by atoms with van der Waals surface area (Å²) in [4.78, 5) is 12.2. The zero-order chi connectivity index (χ0) is 14.5. The SMILES string of the molecule is O=C(NCCCC1CCCCC1)c1n[nH]c2c1CNCC2. The van der Waals surface area contributed by atoms with E-state index in [0.717, 1.165) is 49.7 Å². The lowest BCUT2D eigenvalue weighted by Crippen LogP contribution is -2.29. The van der Waals surface area contributed by atoms with E-state index in [-0.39, 0.29) is 5.91 Å². The molecule has 1 aromatic heterocycles. The van der Waals surface area contributed by atoms with E-state index in [4.69, 9.17) is 0 Å². The van der Waals surface area contributed by atoms with Crippen LogP contribution in [0.1, 0.15) is 66.7 Å². The maximum absolute atomic E-state index is 12.2. The maximum Gasteiger partial charge on any atom is 0.272 e. The Labute approximate surface area is 126 Å². The number of aromatic nitrogens is 2. The molecule has 0 unspecified atom stereocenters. The highest BCUT2D eigenvalue weighted by Crippen LogP contribution is 2.27. The molecule has 0 saturated heterocycles.